The Hall–Kier alpha value is -1.14. The van der Waals surface area contributed by atoms with Crippen LogP contribution in [0.3, 0.4) is 0 Å². The fourth-order valence-corrected chi connectivity index (χ4v) is 0.956. The highest BCUT2D eigenvalue weighted by molar-refractivity contribution is 5.75. The zero-order valence-corrected chi connectivity index (χ0v) is 7.43. The predicted molar refractivity (Wildman–Crippen MR) is 45.0 cm³/mol. The normalized spacial score (nSPS) is 12.8. The smallest absolute Gasteiger partial charge is 0.306 e. The number of nitrogens with zero attached hydrogens (tertiary/aromatic N) is 1. The molecule has 6 nitrogen and oxygen atoms in total. The molecule has 0 radical (unpaired) electrons. The van der Waals surface area contributed by atoms with E-state index in [1.54, 1.807) is 7.05 Å². The van der Waals surface area contributed by atoms with Crippen LogP contribution in [0, 0.1) is 0 Å². The average Bonchev–Trinajstić information content (AvgIpc) is 1.80. The summed E-state index contributed by atoms with van der Waals surface area (Å²) in [5.41, 5.74) is 4.89. The molecule has 1 amide bonds. The molecular weight excluding hydrogens is 176 g/mol. The maximum Gasteiger partial charge on any atom is 0.306 e. The van der Waals surface area contributed by atoms with Gasteiger partial charge in [0.25, 0.3) is 0 Å². The van der Waals surface area contributed by atoms with Crippen molar-refractivity contribution in [1.82, 2.24) is 4.90 Å². The molecule has 0 aliphatic carbocycles. The van der Waals surface area contributed by atoms with Crippen LogP contribution in [-0.4, -0.2) is 53.2 Å². The van der Waals surface area contributed by atoms with E-state index in [2.05, 4.69) is 0 Å². The molecule has 6 heteroatoms. The van der Waals surface area contributed by atoms with Crippen molar-refractivity contribution in [3.63, 3.8) is 0 Å². The molecule has 4 N–H and O–H groups in total. The Morgan fingerprint density at radius 3 is 2.46 bits per heavy atom. The lowest BCUT2D eigenvalue weighted by molar-refractivity contribution is -0.139. The summed E-state index contributed by atoms with van der Waals surface area (Å²) in [6.45, 7) is 0.131. The van der Waals surface area contributed by atoms with Gasteiger partial charge in [0.2, 0.25) is 5.91 Å². The first-order valence-corrected chi connectivity index (χ1v) is 3.78. The Kier molecular flexibility index (Phi) is 5.01. The summed E-state index contributed by atoms with van der Waals surface area (Å²) >= 11 is 0. The van der Waals surface area contributed by atoms with E-state index in [0.29, 0.717) is 0 Å². The molecule has 0 aliphatic heterocycles. The minimum atomic E-state index is -1.07. The van der Waals surface area contributed by atoms with Crippen LogP contribution in [0.15, 0.2) is 0 Å². The summed E-state index contributed by atoms with van der Waals surface area (Å²) in [5.74, 6) is -1.58. The van der Waals surface area contributed by atoms with Gasteiger partial charge in [-0.15, -0.1) is 0 Å². The third-order valence-corrected chi connectivity index (χ3v) is 1.36. The molecule has 0 rings (SSSR count). The number of amides is 1. The fourth-order valence-electron chi connectivity index (χ4n) is 0.956. The van der Waals surface area contributed by atoms with Gasteiger partial charge < -0.3 is 15.9 Å². The van der Waals surface area contributed by atoms with Gasteiger partial charge in [0, 0.05) is 6.54 Å². The van der Waals surface area contributed by atoms with E-state index in [4.69, 9.17) is 15.9 Å². The third kappa shape index (κ3) is 7.23. The van der Waals surface area contributed by atoms with Crippen molar-refractivity contribution in [3.8, 4) is 0 Å². The average molecular weight is 190 g/mol. The number of rotatable bonds is 6. The second kappa shape index (κ2) is 5.50. The minimum absolute atomic E-state index is 0.0106. The van der Waals surface area contributed by atoms with E-state index in [-0.39, 0.29) is 19.5 Å². The van der Waals surface area contributed by atoms with Crippen molar-refractivity contribution in [2.24, 2.45) is 5.73 Å². The molecule has 0 saturated heterocycles. The van der Waals surface area contributed by atoms with Crippen molar-refractivity contribution in [1.29, 1.82) is 0 Å². The van der Waals surface area contributed by atoms with Gasteiger partial charge in [0.1, 0.15) is 0 Å². The summed E-state index contributed by atoms with van der Waals surface area (Å²) in [7, 11) is 1.58. The first kappa shape index (κ1) is 11.9. The topological polar surface area (TPSA) is 104 Å². The second-order valence-electron chi connectivity index (χ2n) is 2.91. The number of aliphatic carboxylic acids is 1. The Morgan fingerprint density at radius 1 is 1.54 bits per heavy atom. The van der Waals surface area contributed by atoms with Gasteiger partial charge in [-0.2, -0.15) is 0 Å². The SMILES string of the molecule is CN(CC(N)=O)CC(O)CC(=O)O. The molecular formula is C7H14N2O4. The molecule has 0 aromatic rings. The van der Waals surface area contributed by atoms with Crippen molar-refractivity contribution < 1.29 is 19.8 Å². The lowest BCUT2D eigenvalue weighted by Gasteiger charge is -2.17. The van der Waals surface area contributed by atoms with Gasteiger partial charge in [-0.05, 0) is 7.05 Å². The number of carboxylic acids is 1. The Balaban J connectivity index is 3.70. The van der Waals surface area contributed by atoms with Crippen LogP contribution in [0.2, 0.25) is 0 Å². The minimum Gasteiger partial charge on any atom is -0.481 e. The summed E-state index contributed by atoms with van der Waals surface area (Å²) in [5, 5.41) is 17.4. The van der Waals surface area contributed by atoms with Crippen LogP contribution in [0.1, 0.15) is 6.42 Å². The summed E-state index contributed by atoms with van der Waals surface area (Å²) in [6, 6.07) is 0. The van der Waals surface area contributed by atoms with Gasteiger partial charge in [-0.1, -0.05) is 0 Å². The monoisotopic (exact) mass is 190 g/mol. The van der Waals surface area contributed by atoms with E-state index >= 15 is 0 Å². The number of aliphatic hydroxyl groups is 1. The standard InChI is InChI=1S/C7H14N2O4/c1-9(4-6(8)11)3-5(10)2-7(12)13/h5,10H,2-4H2,1H3,(H2,8,11)(H,12,13). The number of hydrogen-bond donors (Lipinski definition) is 3. The van der Waals surface area contributed by atoms with Crippen LogP contribution in [-0.2, 0) is 9.59 Å². The number of carboxylic acid groups (broad SMARTS) is 1. The van der Waals surface area contributed by atoms with Gasteiger partial charge in [-0.3, -0.25) is 14.5 Å². The van der Waals surface area contributed by atoms with Crippen molar-refractivity contribution in [2.45, 2.75) is 12.5 Å². The molecule has 1 atom stereocenters. The molecule has 0 aromatic heterocycles. The van der Waals surface area contributed by atoms with Crippen LogP contribution < -0.4 is 5.73 Å². The first-order chi connectivity index (χ1) is 5.91. The molecule has 0 heterocycles. The van der Waals surface area contributed by atoms with Gasteiger partial charge in [0.05, 0.1) is 19.1 Å². The van der Waals surface area contributed by atoms with E-state index < -0.39 is 18.0 Å². The number of hydrogen-bond acceptors (Lipinski definition) is 4. The lowest BCUT2D eigenvalue weighted by Crippen LogP contribution is -2.36. The number of likely N-dealkylation sites (N-methyl/N-ethyl adjacent to an activating group) is 1. The molecule has 0 saturated carbocycles. The molecule has 0 aromatic carbocycles. The zero-order valence-electron chi connectivity index (χ0n) is 7.43. The van der Waals surface area contributed by atoms with Crippen LogP contribution in [0.25, 0.3) is 0 Å². The highest BCUT2D eigenvalue weighted by Gasteiger charge is 2.12. The van der Waals surface area contributed by atoms with Crippen LogP contribution in [0.5, 0.6) is 0 Å². The number of primary amides is 1. The third-order valence-electron chi connectivity index (χ3n) is 1.36. The lowest BCUT2D eigenvalue weighted by atomic mass is 10.2. The van der Waals surface area contributed by atoms with Crippen molar-refractivity contribution in [2.75, 3.05) is 20.1 Å². The number of carbonyl (C=O) groups is 2. The Bertz CT molecular complexity index is 175. The van der Waals surface area contributed by atoms with Crippen molar-refractivity contribution >= 4 is 11.9 Å². The van der Waals surface area contributed by atoms with Gasteiger partial charge in [-0.25, -0.2) is 0 Å². The molecule has 0 aliphatic rings. The number of aliphatic hydroxyl groups excluding tert-OH is 1. The quantitative estimate of drug-likeness (QED) is 0.460. The molecule has 0 spiro atoms. The summed E-state index contributed by atoms with van der Waals surface area (Å²) in [6.07, 6.45) is -1.30. The maximum absolute atomic E-state index is 10.4. The van der Waals surface area contributed by atoms with Crippen molar-refractivity contribution in [3.05, 3.63) is 0 Å². The Morgan fingerprint density at radius 2 is 2.08 bits per heavy atom. The number of carbonyl (C=O) groups excluding carboxylic acids is 1. The van der Waals surface area contributed by atoms with E-state index in [1.807, 2.05) is 0 Å². The number of nitrogens with two attached hydrogens (primary N) is 1. The molecule has 1 unspecified atom stereocenters. The summed E-state index contributed by atoms with van der Waals surface area (Å²) < 4.78 is 0. The van der Waals surface area contributed by atoms with Crippen LogP contribution >= 0.6 is 0 Å². The predicted octanol–water partition coefficient (Wildman–Crippen LogP) is -1.76. The zero-order chi connectivity index (χ0) is 10.4. The molecule has 13 heavy (non-hydrogen) atoms. The highest BCUT2D eigenvalue weighted by atomic mass is 16.4. The summed E-state index contributed by atoms with van der Waals surface area (Å²) in [4.78, 5) is 22.0. The van der Waals surface area contributed by atoms with E-state index in [9.17, 15) is 9.59 Å². The van der Waals surface area contributed by atoms with E-state index in [1.165, 1.54) is 4.90 Å². The Labute approximate surface area is 75.9 Å². The molecule has 0 fully saturated rings. The second-order valence-corrected chi connectivity index (χ2v) is 2.91. The van der Waals surface area contributed by atoms with Gasteiger partial charge in [0.15, 0.2) is 0 Å². The van der Waals surface area contributed by atoms with Gasteiger partial charge >= 0.3 is 5.97 Å². The maximum atomic E-state index is 10.4. The highest BCUT2D eigenvalue weighted by Crippen LogP contribution is 1.94. The van der Waals surface area contributed by atoms with E-state index in [0.717, 1.165) is 0 Å². The van der Waals surface area contributed by atoms with Crippen LogP contribution in [0.4, 0.5) is 0 Å². The molecule has 0 bridgehead atoms. The largest absolute Gasteiger partial charge is 0.481 e. The fraction of sp³-hybridized carbons (Fsp3) is 0.714. The molecule has 76 valence electrons. The first-order valence-electron chi connectivity index (χ1n) is 3.78.